The molecule has 0 fully saturated rings. The van der Waals surface area contributed by atoms with Gasteiger partial charge in [-0.3, -0.25) is 0 Å². The van der Waals surface area contributed by atoms with E-state index in [4.69, 9.17) is 21.1 Å². The van der Waals surface area contributed by atoms with Crippen LogP contribution in [0.3, 0.4) is 0 Å². The molecule has 0 saturated heterocycles. The predicted molar refractivity (Wildman–Crippen MR) is 77.7 cm³/mol. The largest absolute Gasteiger partial charge is 0.507 e. The van der Waals surface area contributed by atoms with Crippen molar-refractivity contribution in [3.63, 3.8) is 0 Å². The lowest BCUT2D eigenvalue weighted by Gasteiger charge is -2.11. The molecule has 1 heterocycles. The molecule has 0 spiro atoms. The van der Waals surface area contributed by atoms with E-state index in [1.165, 1.54) is 0 Å². The van der Waals surface area contributed by atoms with Gasteiger partial charge < -0.3 is 19.9 Å². The Labute approximate surface area is 121 Å². The van der Waals surface area contributed by atoms with Crippen molar-refractivity contribution in [3.8, 4) is 17.2 Å². The number of aromatic hydroxyl groups is 1. The number of phenols is 1. The summed E-state index contributed by atoms with van der Waals surface area (Å²) in [6.45, 7) is 2.67. The molecule has 0 saturated carbocycles. The molecule has 0 unspecified atom stereocenters. The summed E-state index contributed by atoms with van der Waals surface area (Å²) in [5.41, 5.74) is 2.78. The molecular weight excluding hydrogens is 278 g/mol. The van der Waals surface area contributed by atoms with Crippen LogP contribution in [0.1, 0.15) is 11.1 Å². The van der Waals surface area contributed by atoms with Crippen molar-refractivity contribution in [3.05, 3.63) is 46.5 Å². The Bertz CT molecular complexity index is 658. The van der Waals surface area contributed by atoms with Crippen LogP contribution in [-0.4, -0.2) is 11.9 Å². The van der Waals surface area contributed by atoms with Gasteiger partial charge in [0.1, 0.15) is 5.75 Å². The summed E-state index contributed by atoms with van der Waals surface area (Å²) in [7, 11) is 0. The Balaban J connectivity index is 1.78. The van der Waals surface area contributed by atoms with Gasteiger partial charge >= 0.3 is 0 Å². The van der Waals surface area contributed by atoms with E-state index >= 15 is 0 Å². The van der Waals surface area contributed by atoms with Gasteiger partial charge in [-0.1, -0.05) is 11.6 Å². The van der Waals surface area contributed by atoms with Crippen molar-refractivity contribution in [2.24, 2.45) is 0 Å². The predicted octanol–water partition coefficient (Wildman–Crippen LogP) is 3.69. The Hall–Kier alpha value is -2.07. The van der Waals surface area contributed by atoms with E-state index in [0.29, 0.717) is 23.1 Å². The number of rotatable bonds is 3. The minimum atomic E-state index is 0.188. The van der Waals surface area contributed by atoms with Crippen molar-refractivity contribution in [2.45, 2.75) is 13.5 Å². The molecule has 1 aliphatic heterocycles. The smallest absolute Gasteiger partial charge is 0.231 e. The molecule has 2 aromatic carbocycles. The first-order valence-corrected chi connectivity index (χ1v) is 6.63. The zero-order chi connectivity index (χ0) is 14.1. The van der Waals surface area contributed by atoms with Crippen LogP contribution in [-0.2, 0) is 6.54 Å². The van der Waals surface area contributed by atoms with Crippen LogP contribution in [0.15, 0.2) is 30.3 Å². The minimum Gasteiger partial charge on any atom is -0.507 e. The number of fused-ring (bicyclic) bond motifs is 1. The van der Waals surface area contributed by atoms with Crippen LogP contribution in [0.25, 0.3) is 0 Å². The molecule has 2 N–H and O–H groups in total. The van der Waals surface area contributed by atoms with Crippen LogP contribution in [0.4, 0.5) is 5.69 Å². The average molecular weight is 292 g/mol. The maximum absolute atomic E-state index is 9.97. The van der Waals surface area contributed by atoms with Crippen molar-refractivity contribution in [1.29, 1.82) is 0 Å². The number of nitrogens with one attached hydrogen (secondary N) is 1. The fourth-order valence-corrected chi connectivity index (χ4v) is 2.36. The molecule has 0 aliphatic carbocycles. The van der Waals surface area contributed by atoms with Crippen molar-refractivity contribution in [1.82, 2.24) is 0 Å². The highest BCUT2D eigenvalue weighted by molar-refractivity contribution is 6.30. The summed E-state index contributed by atoms with van der Waals surface area (Å²) in [5.74, 6) is 1.43. The highest BCUT2D eigenvalue weighted by atomic mass is 35.5. The molecule has 0 bridgehead atoms. The highest BCUT2D eigenvalue weighted by Crippen LogP contribution is 2.37. The van der Waals surface area contributed by atoms with Crippen molar-refractivity contribution in [2.75, 3.05) is 12.1 Å². The van der Waals surface area contributed by atoms with Crippen molar-refractivity contribution >= 4 is 17.3 Å². The molecule has 5 heteroatoms. The lowest BCUT2D eigenvalue weighted by molar-refractivity contribution is 0.174. The van der Waals surface area contributed by atoms with E-state index < -0.39 is 0 Å². The van der Waals surface area contributed by atoms with E-state index in [9.17, 15) is 5.11 Å². The third-order valence-corrected chi connectivity index (χ3v) is 3.47. The first-order valence-electron chi connectivity index (χ1n) is 6.25. The third kappa shape index (κ3) is 2.47. The van der Waals surface area contributed by atoms with Gasteiger partial charge in [0.05, 0.1) is 0 Å². The molecule has 20 heavy (non-hydrogen) atoms. The van der Waals surface area contributed by atoms with Gasteiger partial charge in [-0.15, -0.1) is 0 Å². The first kappa shape index (κ1) is 12.9. The maximum Gasteiger partial charge on any atom is 0.231 e. The molecule has 0 amide bonds. The summed E-state index contributed by atoms with van der Waals surface area (Å²) in [6.07, 6.45) is 0. The number of hydrogen-bond acceptors (Lipinski definition) is 4. The fraction of sp³-hybridized carbons (Fsp3) is 0.200. The maximum atomic E-state index is 9.97. The molecule has 3 rings (SSSR count). The van der Waals surface area contributed by atoms with Gasteiger partial charge in [0.2, 0.25) is 6.79 Å². The van der Waals surface area contributed by atoms with E-state index in [1.54, 1.807) is 12.1 Å². The number of hydrogen-bond donors (Lipinski definition) is 2. The third-order valence-electron chi connectivity index (χ3n) is 3.23. The van der Waals surface area contributed by atoms with E-state index in [1.807, 2.05) is 25.1 Å². The molecular formula is C15H14ClNO3. The summed E-state index contributed by atoms with van der Waals surface area (Å²) in [5, 5.41) is 14.0. The van der Waals surface area contributed by atoms with Gasteiger partial charge in [-0.25, -0.2) is 0 Å². The second-order valence-electron chi connectivity index (χ2n) is 4.65. The minimum absolute atomic E-state index is 0.188. The van der Waals surface area contributed by atoms with E-state index in [-0.39, 0.29) is 12.5 Å². The Morgan fingerprint density at radius 2 is 1.95 bits per heavy atom. The molecule has 1 aliphatic rings. The zero-order valence-electron chi connectivity index (χ0n) is 10.9. The summed E-state index contributed by atoms with van der Waals surface area (Å²) in [6, 6.07) is 9.01. The Morgan fingerprint density at radius 1 is 1.20 bits per heavy atom. The first-order chi connectivity index (χ1) is 9.63. The van der Waals surface area contributed by atoms with Gasteiger partial charge in [-0.05, 0) is 36.8 Å². The number of ether oxygens (including phenoxy) is 2. The van der Waals surface area contributed by atoms with Crippen LogP contribution in [0.2, 0.25) is 5.02 Å². The molecule has 0 aromatic heterocycles. The second-order valence-corrected chi connectivity index (χ2v) is 5.08. The van der Waals surface area contributed by atoms with Gasteiger partial charge in [0, 0.05) is 28.9 Å². The van der Waals surface area contributed by atoms with Gasteiger partial charge in [-0.2, -0.15) is 0 Å². The molecule has 104 valence electrons. The number of anilines is 1. The summed E-state index contributed by atoms with van der Waals surface area (Å²) in [4.78, 5) is 0. The van der Waals surface area contributed by atoms with Crippen molar-refractivity contribution < 1.29 is 14.6 Å². The molecule has 2 aromatic rings. The normalized spacial score (nSPS) is 12.5. The zero-order valence-corrected chi connectivity index (χ0v) is 11.7. The summed E-state index contributed by atoms with van der Waals surface area (Å²) < 4.78 is 10.5. The average Bonchev–Trinajstić information content (AvgIpc) is 2.84. The van der Waals surface area contributed by atoms with Crippen LogP contribution in [0, 0.1) is 6.92 Å². The SMILES string of the molecule is Cc1cc(Cl)ccc1NCc1cc2c(cc1O)OCO2. The molecule has 0 radical (unpaired) electrons. The Morgan fingerprint density at radius 3 is 2.70 bits per heavy atom. The summed E-state index contributed by atoms with van der Waals surface area (Å²) >= 11 is 5.93. The van der Waals surface area contributed by atoms with E-state index in [2.05, 4.69) is 5.32 Å². The quantitative estimate of drug-likeness (QED) is 0.905. The van der Waals surface area contributed by atoms with Gasteiger partial charge in [0.15, 0.2) is 11.5 Å². The molecule has 4 nitrogen and oxygen atoms in total. The lowest BCUT2D eigenvalue weighted by Crippen LogP contribution is -2.01. The molecule has 0 atom stereocenters. The van der Waals surface area contributed by atoms with Crippen LogP contribution in [0.5, 0.6) is 17.2 Å². The standard InChI is InChI=1S/C15H14ClNO3/c1-9-4-11(16)2-3-12(9)17-7-10-5-14-15(6-13(10)18)20-8-19-14/h2-6,17-18H,7-8H2,1H3. The van der Waals surface area contributed by atoms with Gasteiger partial charge in [0.25, 0.3) is 0 Å². The lowest BCUT2D eigenvalue weighted by atomic mass is 10.1. The number of aryl methyl sites for hydroxylation is 1. The Kier molecular flexibility index (Phi) is 3.32. The van der Waals surface area contributed by atoms with Crippen LogP contribution < -0.4 is 14.8 Å². The number of phenolic OH excluding ortho intramolecular Hbond substituents is 1. The second kappa shape index (κ2) is 5.13. The van der Waals surface area contributed by atoms with Crippen LogP contribution >= 0.6 is 11.6 Å². The highest BCUT2D eigenvalue weighted by Gasteiger charge is 2.16. The number of halogens is 1. The monoisotopic (exact) mass is 291 g/mol. The topological polar surface area (TPSA) is 50.7 Å². The van der Waals surface area contributed by atoms with E-state index in [0.717, 1.165) is 16.8 Å². The fourth-order valence-electron chi connectivity index (χ4n) is 2.13. The number of benzene rings is 2.